The second-order valence-corrected chi connectivity index (χ2v) is 4.07. The Kier molecular flexibility index (Phi) is 4.30. The molecule has 0 unspecified atom stereocenters. The van der Waals surface area contributed by atoms with Gasteiger partial charge >= 0.3 is 0 Å². The van der Waals surface area contributed by atoms with Crippen LogP contribution in [0, 0.1) is 0 Å². The minimum Gasteiger partial charge on any atom is -0.261 e. The second kappa shape index (κ2) is 6.15. The number of fused-ring (bicyclic) bond motifs is 2. The van der Waals surface area contributed by atoms with Crippen molar-refractivity contribution in [2.24, 2.45) is 0 Å². The van der Waals surface area contributed by atoms with Crippen LogP contribution in [-0.4, -0.2) is 4.98 Å². The predicted octanol–water partition coefficient (Wildman–Crippen LogP) is 4.38. The standard InChI is InChI=1S/C15H13N.C2H6/c1-2-5-13-9-10-15-14(6-3-11-16-15)8-7-12(13)4-1;1-2/h1-8,11H,9-10H2;1-2H3. The van der Waals surface area contributed by atoms with Gasteiger partial charge in [0.15, 0.2) is 0 Å². The molecule has 1 aromatic heterocycles. The van der Waals surface area contributed by atoms with Gasteiger partial charge in [0, 0.05) is 11.9 Å². The maximum absolute atomic E-state index is 4.44. The molecule has 0 aliphatic heterocycles. The highest BCUT2D eigenvalue weighted by Crippen LogP contribution is 2.20. The zero-order valence-corrected chi connectivity index (χ0v) is 11.1. The van der Waals surface area contributed by atoms with E-state index in [1.807, 2.05) is 26.1 Å². The molecule has 0 atom stereocenters. The van der Waals surface area contributed by atoms with Crippen LogP contribution in [0.2, 0.25) is 0 Å². The molecule has 0 amide bonds. The Morgan fingerprint density at radius 3 is 2.44 bits per heavy atom. The molecule has 0 spiro atoms. The van der Waals surface area contributed by atoms with E-state index in [1.165, 1.54) is 22.4 Å². The number of aryl methyl sites for hydroxylation is 2. The molecule has 0 saturated heterocycles. The number of benzene rings is 1. The number of hydrogen-bond donors (Lipinski definition) is 0. The van der Waals surface area contributed by atoms with E-state index in [2.05, 4.69) is 47.5 Å². The first-order chi connectivity index (χ1) is 8.93. The Labute approximate surface area is 109 Å². The van der Waals surface area contributed by atoms with Gasteiger partial charge in [-0.2, -0.15) is 0 Å². The van der Waals surface area contributed by atoms with E-state index in [4.69, 9.17) is 0 Å². The Balaban J connectivity index is 0.000000574. The lowest BCUT2D eigenvalue weighted by Gasteiger charge is -2.11. The Morgan fingerprint density at radius 2 is 1.56 bits per heavy atom. The lowest BCUT2D eigenvalue weighted by molar-refractivity contribution is 0.906. The largest absolute Gasteiger partial charge is 0.261 e. The topological polar surface area (TPSA) is 12.9 Å². The van der Waals surface area contributed by atoms with Crippen LogP contribution < -0.4 is 0 Å². The first-order valence-corrected chi connectivity index (χ1v) is 6.63. The van der Waals surface area contributed by atoms with Crippen LogP contribution in [0.4, 0.5) is 0 Å². The van der Waals surface area contributed by atoms with Crippen LogP contribution in [0.25, 0.3) is 12.2 Å². The smallest absolute Gasteiger partial charge is 0.0479 e. The summed E-state index contributed by atoms with van der Waals surface area (Å²) < 4.78 is 0. The molecule has 1 aromatic carbocycles. The summed E-state index contributed by atoms with van der Waals surface area (Å²) in [5.74, 6) is 0. The Morgan fingerprint density at radius 1 is 0.833 bits per heavy atom. The van der Waals surface area contributed by atoms with E-state index in [0.717, 1.165) is 12.8 Å². The summed E-state index contributed by atoms with van der Waals surface area (Å²) in [6.45, 7) is 4.00. The molecule has 1 aliphatic rings. The highest BCUT2D eigenvalue weighted by Gasteiger charge is 2.06. The monoisotopic (exact) mass is 237 g/mol. The molecular weight excluding hydrogens is 218 g/mol. The summed E-state index contributed by atoms with van der Waals surface area (Å²) in [4.78, 5) is 4.44. The third kappa shape index (κ3) is 2.67. The summed E-state index contributed by atoms with van der Waals surface area (Å²) in [5, 5.41) is 0. The molecule has 1 heterocycles. The first kappa shape index (κ1) is 12.6. The molecule has 1 heteroatoms. The van der Waals surface area contributed by atoms with Crippen LogP contribution in [-0.2, 0) is 12.8 Å². The number of aromatic nitrogens is 1. The van der Waals surface area contributed by atoms with Crippen LogP contribution in [0.5, 0.6) is 0 Å². The lowest BCUT2D eigenvalue weighted by atomic mass is 9.96. The fraction of sp³-hybridized carbons (Fsp3) is 0.235. The lowest BCUT2D eigenvalue weighted by Crippen LogP contribution is -2.00. The van der Waals surface area contributed by atoms with Crippen LogP contribution in [0.15, 0.2) is 42.6 Å². The highest BCUT2D eigenvalue weighted by atomic mass is 14.7. The van der Waals surface area contributed by atoms with Gasteiger partial charge in [0.1, 0.15) is 0 Å². The summed E-state index contributed by atoms with van der Waals surface area (Å²) in [5.41, 5.74) is 5.19. The van der Waals surface area contributed by atoms with Crippen molar-refractivity contribution in [1.82, 2.24) is 4.98 Å². The number of hydrogen-bond acceptors (Lipinski definition) is 1. The Bertz CT molecular complexity index is 491. The molecule has 0 radical (unpaired) electrons. The van der Waals surface area contributed by atoms with Crippen molar-refractivity contribution >= 4 is 12.2 Å². The maximum Gasteiger partial charge on any atom is 0.0479 e. The van der Waals surface area contributed by atoms with E-state index in [-0.39, 0.29) is 0 Å². The molecule has 0 fully saturated rings. The van der Waals surface area contributed by atoms with Crippen molar-refractivity contribution in [1.29, 1.82) is 0 Å². The molecule has 0 saturated carbocycles. The number of rotatable bonds is 0. The molecule has 1 nitrogen and oxygen atoms in total. The van der Waals surface area contributed by atoms with Crippen LogP contribution in [0.1, 0.15) is 36.2 Å². The summed E-state index contributed by atoms with van der Waals surface area (Å²) in [6, 6.07) is 12.7. The summed E-state index contributed by atoms with van der Waals surface area (Å²) in [7, 11) is 0. The predicted molar refractivity (Wildman–Crippen MR) is 78.4 cm³/mol. The van der Waals surface area contributed by atoms with Crippen molar-refractivity contribution in [3.05, 3.63) is 65.0 Å². The van der Waals surface area contributed by atoms with Gasteiger partial charge in [0.25, 0.3) is 0 Å². The molecule has 0 N–H and O–H groups in total. The van der Waals surface area contributed by atoms with Gasteiger partial charge in [-0.05, 0) is 35.6 Å². The second-order valence-electron chi connectivity index (χ2n) is 4.07. The Hall–Kier alpha value is -1.89. The molecule has 1 aliphatic carbocycles. The van der Waals surface area contributed by atoms with Gasteiger partial charge in [-0.3, -0.25) is 4.98 Å². The fourth-order valence-electron chi connectivity index (χ4n) is 2.17. The zero-order chi connectivity index (χ0) is 12.8. The fourth-order valence-corrected chi connectivity index (χ4v) is 2.17. The molecule has 3 rings (SSSR count). The highest BCUT2D eigenvalue weighted by molar-refractivity contribution is 5.72. The molecular formula is C17H19N. The molecule has 2 aromatic rings. The number of nitrogens with zero attached hydrogens (tertiary/aromatic N) is 1. The van der Waals surface area contributed by atoms with Crippen LogP contribution >= 0.6 is 0 Å². The van der Waals surface area contributed by atoms with Crippen molar-refractivity contribution in [2.45, 2.75) is 26.7 Å². The van der Waals surface area contributed by atoms with Gasteiger partial charge in [-0.25, -0.2) is 0 Å². The van der Waals surface area contributed by atoms with E-state index in [0.29, 0.717) is 0 Å². The average molecular weight is 237 g/mol. The van der Waals surface area contributed by atoms with Gasteiger partial charge in [0.05, 0.1) is 0 Å². The van der Waals surface area contributed by atoms with E-state index in [9.17, 15) is 0 Å². The normalized spacial score (nSPS) is 12.3. The SMILES string of the molecule is C1=Cc2cccnc2CCc2ccccc21.CC. The van der Waals surface area contributed by atoms with Gasteiger partial charge in [-0.15, -0.1) is 0 Å². The van der Waals surface area contributed by atoms with Crippen molar-refractivity contribution in [3.8, 4) is 0 Å². The van der Waals surface area contributed by atoms with Gasteiger partial charge in [-0.1, -0.05) is 56.3 Å². The third-order valence-electron chi connectivity index (χ3n) is 3.05. The molecule has 0 bridgehead atoms. The maximum atomic E-state index is 4.44. The van der Waals surface area contributed by atoms with Gasteiger partial charge in [0.2, 0.25) is 0 Å². The summed E-state index contributed by atoms with van der Waals surface area (Å²) >= 11 is 0. The van der Waals surface area contributed by atoms with Crippen molar-refractivity contribution < 1.29 is 0 Å². The number of pyridine rings is 1. The van der Waals surface area contributed by atoms with Crippen molar-refractivity contribution in [3.63, 3.8) is 0 Å². The van der Waals surface area contributed by atoms with E-state index < -0.39 is 0 Å². The molecule has 92 valence electrons. The minimum atomic E-state index is 1.03. The summed E-state index contributed by atoms with van der Waals surface area (Å²) in [6.07, 6.45) is 8.33. The first-order valence-electron chi connectivity index (χ1n) is 6.63. The van der Waals surface area contributed by atoms with Crippen LogP contribution in [0.3, 0.4) is 0 Å². The average Bonchev–Trinajstić information content (AvgIpc) is 2.44. The van der Waals surface area contributed by atoms with E-state index >= 15 is 0 Å². The minimum absolute atomic E-state index is 1.03. The van der Waals surface area contributed by atoms with E-state index in [1.54, 1.807) is 0 Å². The molecule has 18 heavy (non-hydrogen) atoms. The zero-order valence-electron chi connectivity index (χ0n) is 11.1. The third-order valence-corrected chi connectivity index (χ3v) is 3.05. The van der Waals surface area contributed by atoms with Gasteiger partial charge < -0.3 is 0 Å². The quantitative estimate of drug-likeness (QED) is 0.662. The van der Waals surface area contributed by atoms with Crippen molar-refractivity contribution in [2.75, 3.05) is 0 Å².